The molecular formula is C23H29N3O4. The Morgan fingerprint density at radius 1 is 1.20 bits per heavy atom. The van der Waals surface area contributed by atoms with E-state index < -0.39 is 17.9 Å². The van der Waals surface area contributed by atoms with E-state index in [1.807, 2.05) is 0 Å². The van der Waals surface area contributed by atoms with E-state index in [1.54, 1.807) is 30.1 Å². The van der Waals surface area contributed by atoms with Gasteiger partial charge in [0.05, 0.1) is 11.1 Å². The van der Waals surface area contributed by atoms with Gasteiger partial charge in [0.25, 0.3) is 11.8 Å². The highest BCUT2D eigenvalue weighted by Gasteiger charge is 2.44. The molecule has 0 radical (unpaired) electrons. The molecule has 0 aromatic heterocycles. The average Bonchev–Trinajstić information content (AvgIpc) is 2.97. The van der Waals surface area contributed by atoms with Crippen LogP contribution in [0, 0.1) is 0 Å². The van der Waals surface area contributed by atoms with Gasteiger partial charge >= 0.3 is 0 Å². The van der Waals surface area contributed by atoms with Gasteiger partial charge in [0.15, 0.2) is 0 Å². The maximum atomic E-state index is 13.1. The molecule has 0 spiro atoms. The van der Waals surface area contributed by atoms with Crippen molar-refractivity contribution in [1.29, 1.82) is 0 Å². The maximum absolute atomic E-state index is 13.1. The second-order valence-corrected chi connectivity index (χ2v) is 8.03. The zero-order chi connectivity index (χ0) is 21.8. The molecule has 1 aromatic carbocycles. The van der Waals surface area contributed by atoms with Gasteiger partial charge < -0.3 is 10.2 Å². The second-order valence-electron chi connectivity index (χ2n) is 8.03. The summed E-state index contributed by atoms with van der Waals surface area (Å²) in [7, 11) is 1.71. The summed E-state index contributed by atoms with van der Waals surface area (Å²) in [5.74, 6) is -1.30. The zero-order valence-electron chi connectivity index (χ0n) is 17.7. The van der Waals surface area contributed by atoms with Crippen molar-refractivity contribution in [3.63, 3.8) is 0 Å². The summed E-state index contributed by atoms with van der Waals surface area (Å²) in [5, 5.41) is 2.63. The summed E-state index contributed by atoms with van der Waals surface area (Å²) < 4.78 is 0. The van der Waals surface area contributed by atoms with E-state index in [4.69, 9.17) is 0 Å². The fraction of sp³-hybridized carbons (Fsp3) is 0.478. The van der Waals surface area contributed by atoms with Crippen molar-refractivity contribution >= 4 is 23.6 Å². The lowest BCUT2D eigenvalue weighted by molar-refractivity contribution is -0.130. The topological polar surface area (TPSA) is 86.8 Å². The van der Waals surface area contributed by atoms with E-state index in [0.717, 1.165) is 30.6 Å². The predicted octanol–water partition coefficient (Wildman–Crippen LogP) is 3.00. The van der Waals surface area contributed by atoms with Crippen LogP contribution in [0.1, 0.15) is 78.1 Å². The number of carbonyl (C=O) groups is 4. The highest BCUT2D eigenvalue weighted by molar-refractivity contribution is 6.23. The summed E-state index contributed by atoms with van der Waals surface area (Å²) in [6, 6.07) is 4.24. The number of nitrogens with one attached hydrogen (secondary N) is 1. The quantitative estimate of drug-likeness (QED) is 0.526. The molecule has 1 fully saturated rings. The van der Waals surface area contributed by atoms with Gasteiger partial charge in [0, 0.05) is 25.7 Å². The fourth-order valence-corrected chi connectivity index (χ4v) is 4.03. The van der Waals surface area contributed by atoms with Crippen LogP contribution in [0.25, 0.3) is 0 Å². The molecule has 7 heteroatoms. The summed E-state index contributed by atoms with van der Waals surface area (Å²) in [5.41, 5.74) is 1.80. The van der Waals surface area contributed by atoms with Gasteiger partial charge in [-0.25, -0.2) is 0 Å². The number of amides is 4. The molecular weight excluding hydrogens is 382 g/mol. The Kier molecular flexibility index (Phi) is 6.70. The number of fused-ring (bicyclic) bond motifs is 1. The lowest BCUT2D eigenvalue weighted by Gasteiger charge is -2.29. The summed E-state index contributed by atoms with van der Waals surface area (Å²) in [6.45, 7) is 6.11. The normalized spacial score (nSPS) is 18.5. The highest BCUT2D eigenvalue weighted by Crippen LogP contribution is 2.31. The van der Waals surface area contributed by atoms with Crippen LogP contribution in [0.5, 0.6) is 0 Å². The van der Waals surface area contributed by atoms with Gasteiger partial charge in [0.2, 0.25) is 11.8 Å². The first-order valence-electron chi connectivity index (χ1n) is 10.6. The van der Waals surface area contributed by atoms with Crippen LogP contribution >= 0.6 is 0 Å². The summed E-state index contributed by atoms with van der Waals surface area (Å²) in [6.07, 6.45) is 5.44. The van der Waals surface area contributed by atoms with Crippen molar-refractivity contribution in [1.82, 2.24) is 15.1 Å². The van der Waals surface area contributed by atoms with E-state index >= 15 is 0 Å². The molecule has 160 valence electrons. The van der Waals surface area contributed by atoms with Crippen molar-refractivity contribution in [3.8, 4) is 0 Å². The molecule has 1 aromatic rings. The third kappa shape index (κ3) is 4.30. The molecule has 0 saturated carbocycles. The first-order valence-corrected chi connectivity index (χ1v) is 10.6. The molecule has 3 rings (SSSR count). The lowest BCUT2D eigenvalue weighted by Crippen LogP contribution is -2.51. The molecule has 4 amide bonds. The third-order valence-electron chi connectivity index (χ3n) is 5.74. The smallest absolute Gasteiger partial charge is 0.262 e. The Morgan fingerprint density at radius 2 is 1.97 bits per heavy atom. The van der Waals surface area contributed by atoms with Gasteiger partial charge in [-0.05, 0) is 30.9 Å². The second kappa shape index (κ2) is 9.24. The monoisotopic (exact) mass is 411 g/mol. The van der Waals surface area contributed by atoms with Gasteiger partial charge in [-0.2, -0.15) is 0 Å². The molecule has 1 unspecified atom stereocenters. The number of piperidine rings is 1. The number of hydrogen-bond acceptors (Lipinski definition) is 4. The number of nitrogens with zero attached hydrogens (tertiary/aromatic N) is 2. The molecule has 1 atom stereocenters. The van der Waals surface area contributed by atoms with Crippen molar-refractivity contribution in [2.45, 2.75) is 64.5 Å². The van der Waals surface area contributed by atoms with Crippen molar-refractivity contribution in [2.75, 3.05) is 7.05 Å². The summed E-state index contributed by atoms with van der Waals surface area (Å²) in [4.78, 5) is 53.5. The Balaban J connectivity index is 1.76. The molecule has 7 nitrogen and oxygen atoms in total. The minimum atomic E-state index is -0.839. The van der Waals surface area contributed by atoms with Crippen LogP contribution in [-0.2, 0) is 16.1 Å². The Labute approximate surface area is 177 Å². The van der Waals surface area contributed by atoms with Crippen molar-refractivity contribution in [2.24, 2.45) is 0 Å². The molecule has 2 aliphatic heterocycles. The van der Waals surface area contributed by atoms with Crippen LogP contribution in [0.15, 0.2) is 30.5 Å². The van der Waals surface area contributed by atoms with E-state index in [1.165, 1.54) is 0 Å². The Hall–Kier alpha value is -2.96. The minimum Gasteiger partial charge on any atom is -0.341 e. The molecule has 1 saturated heterocycles. The number of carbonyl (C=O) groups excluding carboxylic acids is 4. The van der Waals surface area contributed by atoms with E-state index in [2.05, 4.69) is 18.8 Å². The minimum absolute atomic E-state index is 0.0162. The van der Waals surface area contributed by atoms with E-state index in [0.29, 0.717) is 41.6 Å². The molecule has 1 N–H and O–H groups in total. The lowest BCUT2D eigenvalue weighted by atomic mass is 10.0. The number of allylic oxidation sites excluding steroid dienone is 1. The molecule has 2 aliphatic rings. The Bertz CT molecular complexity index is 892. The molecule has 0 aliphatic carbocycles. The standard InChI is InChI=1S/C23H29N3O4/c1-4-5-6-7-11-19(27)25(3)14-16-9-8-10-17-20(16)23(30)26(22(17)29)18-13-12-15(2)24-21(18)28/h8-10,18H,2,4-7,11-14H2,1,3H3,(H,24,28). The fourth-order valence-electron chi connectivity index (χ4n) is 4.03. The van der Waals surface area contributed by atoms with Crippen LogP contribution in [0.3, 0.4) is 0 Å². The van der Waals surface area contributed by atoms with Gasteiger partial charge in [-0.15, -0.1) is 0 Å². The van der Waals surface area contributed by atoms with Crippen LogP contribution in [-0.4, -0.2) is 46.5 Å². The number of unbranched alkanes of at least 4 members (excludes halogenated alkanes) is 3. The van der Waals surface area contributed by atoms with Crippen LogP contribution in [0.2, 0.25) is 0 Å². The zero-order valence-corrected chi connectivity index (χ0v) is 17.7. The predicted molar refractivity (Wildman–Crippen MR) is 112 cm³/mol. The molecule has 2 heterocycles. The Morgan fingerprint density at radius 3 is 2.67 bits per heavy atom. The summed E-state index contributed by atoms with van der Waals surface area (Å²) >= 11 is 0. The van der Waals surface area contributed by atoms with Gasteiger partial charge in [-0.1, -0.05) is 44.9 Å². The number of hydrogen-bond donors (Lipinski definition) is 1. The highest BCUT2D eigenvalue weighted by atomic mass is 16.2. The van der Waals surface area contributed by atoms with E-state index in [-0.39, 0.29) is 18.4 Å². The average molecular weight is 412 g/mol. The van der Waals surface area contributed by atoms with Crippen LogP contribution < -0.4 is 5.32 Å². The first-order chi connectivity index (χ1) is 14.3. The van der Waals surface area contributed by atoms with E-state index in [9.17, 15) is 19.2 Å². The number of imide groups is 1. The molecule has 30 heavy (non-hydrogen) atoms. The maximum Gasteiger partial charge on any atom is 0.262 e. The van der Waals surface area contributed by atoms with Gasteiger partial charge in [0.1, 0.15) is 6.04 Å². The number of rotatable bonds is 8. The van der Waals surface area contributed by atoms with Crippen molar-refractivity contribution < 1.29 is 19.2 Å². The van der Waals surface area contributed by atoms with Crippen LogP contribution in [0.4, 0.5) is 0 Å². The van der Waals surface area contributed by atoms with Gasteiger partial charge in [-0.3, -0.25) is 24.1 Å². The number of benzene rings is 1. The van der Waals surface area contributed by atoms with Crippen molar-refractivity contribution in [3.05, 3.63) is 47.2 Å². The molecule has 0 bridgehead atoms. The SMILES string of the molecule is C=C1CCC(N2C(=O)c3cccc(CN(C)C(=O)CCCCCC)c3C2=O)C(=O)N1. The third-order valence-corrected chi connectivity index (χ3v) is 5.74. The largest absolute Gasteiger partial charge is 0.341 e. The first kappa shape index (κ1) is 21.7.